The highest BCUT2D eigenvalue weighted by molar-refractivity contribution is 5.91. The van der Waals surface area contributed by atoms with Crippen molar-refractivity contribution in [2.75, 3.05) is 5.32 Å². The van der Waals surface area contributed by atoms with Crippen molar-refractivity contribution in [2.45, 2.75) is 33.4 Å². The van der Waals surface area contributed by atoms with Crippen molar-refractivity contribution >= 4 is 23.0 Å². The van der Waals surface area contributed by atoms with Crippen molar-refractivity contribution in [3.05, 3.63) is 28.2 Å². The Kier molecular flexibility index (Phi) is 3.69. The zero-order valence-corrected chi connectivity index (χ0v) is 11.5. The van der Waals surface area contributed by atoms with E-state index in [-0.39, 0.29) is 17.0 Å². The van der Waals surface area contributed by atoms with Gasteiger partial charge in [0.05, 0.1) is 5.39 Å². The van der Waals surface area contributed by atoms with E-state index < -0.39 is 11.4 Å². The van der Waals surface area contributed by atoms with Crippen molar-refractivity contribution in [3.8, 4) is 0 Å². The highest BCUT2D eigenvalue weighted by Crippen LogP contribution is 2.12. The first-order valence-electron chi connectivity index (χ1n) is 6.34. The SMILES string of the molecule is CCn1cc(C(=O)O)c(=O)c2cnc(NC(C)C)nc21. The molecule has 7 heteroatoms. The molecule has 0 aliphatic carbocycles. The Hall–Kier alpha value is -2.44. The molecule has 0 amide bonds. The molecule has 2 aromatic rings. The smallest absolute Gasteiger partial charge is 0.341 e. The summed E-state index contributed by atoms with van der Waals surface area (Å²) in [6.07, 6.45) is 2.69. The molecule has 0 atom stereocenters. The van der Waals surface area contributed by atoms with Crippen LogP contribution in [0, 0.1) is 0 Å². The number of nitrogens with zero attached hydrogens (tertiary/aromatic N) is 3. The minimum atomic E-state index is -1.25. The molecule has 7 nitrogen and oxygen atoms in total. The average molecular weight is 276 g/mol. The molecule has 0 spiro atoms. The topological polar surface area (TPSA) is 97.1 Å². The summed E-state index contributed by atoms with van der Waals surface area (Å²) in [6, 6.07) is 0.160. The monoisotopic (exact) mass is 276 g/mol. The van der Waals surface area contributed by atoms with Gasteiger partial charge in [0.25, 0.3) is 0 Å². The molecule has 2 N–H and O–H groups in total. The molecule has 0 bridgehead atoms. The summed E-state index contributed by atoms with van der Waals surface area (Å²) in [4.78, 5) is 31.5. The van der Waals surface area contributed by atoms with E-state index in [0.717, 1.165) is 0 Å². The molecule has 0 radical (unpaired) electrons. The number of hydrogen-bond acceptors (Lipinski definition) is 5. The number of carboxylic acid groups (broad SMARTS) is 1. The standard InChI is InChI=1S/C13H16N4O3/c1-4-17-6-9(12(19)20)10(18)8-5-14-13(15-7(2)3)16-11(8)17/h5-7H,4H2,1-3H3,(H,19,20)(H,14,15,16). The van der Waals surface area contributed by atoms with Crippen LogP contribution in [0.1, 0.15) is 31.1 Å². The van der Waals surface area contributed by atoms with Crippen LogP contribution in [0.5, 0.6) is 0 Å². The van der Waals surface area contributed by atoms with Gasteiger partial charge in [-0.3, -0.25) is 4.79 Å². The molecule has 0 fully saturated rings. The molecular formula is C13H16N4O3. The summed E-state index contributed by atoms with van der Waals surface area (Å²) >= 11 is 0. The third-order valence-electron chi connectivity index (χ3n) is 2.80. The van der Waals surface area contributed by atoms with Crippen LogP contribution >= 0.6 is 0 Å². The Bertz CT molecular complexity index is 721. The number of carbonyl (C=O) groups is 1. The minimum absolute atomic E-state index is 0.160. The molecule has 2 aromatic heterocycles. The van der Waals surface area contributed by atoms with E-state index in [9.17, 15) is 9.59 Å². The number of anilines is 1. The lowest BCUT2D eigenvalue weighted by molar-refractivity contribution is 0.0695. The Morgan fingerprint density at radius 1 is 1.50 bits per heavy atom. The van der Waals surface area contributed by atoms with Gasteiger partial charge in [0, 0.05) is 25.0 Å². The lowest BCUT2D eigenvalue weighted by Gasteiger charge is -2.12. The van der Waals surface area contributed by atoms with Gasteiger partial charge in [0.2, 0.25) is 11.4 Å². The van der Waals surface area contributed by atoms with Crippen LogP contribution in [-0.2, 0) is 6.54 Å². The van der Waals surface area contributed by atoms with Crippen LogP contribution in [0.25, 0.3) is 11.0 Å². The maximum Gasteiger partial charge on any atom is 0.341 e. The maximum absolute atomic E-state index is 12.1. The number of carboxylic acids is 1. The van der Waals surface area contributed by atoms with Crippen molar-refractivity contribution in [1.29, 1.82) is 0 Å². The summed E-state index contributed by atoms with van der Waals surface area (Å²) in [5.74, 6) is -0.833. The van der Waals surface area contributed by atoms with Crippen LogP contribution in [0.4, 0.5) is 5.95 Å². The van der Waals surface area contributed by atoms with E-state index in [0.29, 0.717) is 18.1 Å². The molecule has 0 unspecified atom stereocenters. The first-order valence-corrected chi connectivity index (χ1v) is 6.34. The molecule has 2 rings (SSSR count). The number of hydrogen-bond donors (Lipinski definition) is 2. The minimum Gasteiger partial charge on any atom is -0.477 e. The second kappa shape index (κ2) is 5.28. The summed E-state index contributed by atoms with van der Waals surface area (Å²) < 4.78 is 1.63. The lowest BCUT2D eigenvalue weighted by atomic mass is 10.2. The van der Waals surface area contributed by atoms with Gasteiger partial charge >= 0.3 is 5.97 Å². The van der Waals surface area contributed by atoms with Gasteiger partial charge in [-0.25, -0.2) is 9.78 Å². The Morgan fingerprint density at radius 2 is 2.20 bits per heavy atom. The van der Waals surface area contributed by atoms with Crippen LogP contribution < -0.4 is 10.7 Å². The van der Waals surface area contributed by atoms with E-state index >= 15 is 0 Å². The number of fused-ring (bicyclic) bond motifs is 1. The molecular weight excluding hydrogens is 260 g/mol. The van der Waals surface area contributed by atoms with Crippen LogP contribution in [-0.4, -0.2) is 31.7 Å². The Labute approximate surface area is 115 Å². The van der Waals surface area contributed by atoms with Gasteiger partial charge < -0.3 is 15.0 Å². The highest BCUT2D eigenvalue weighted by Gasteiger charge is 2.15. The van der Waals surface area contributed by atoms with E-state index in [2.05, 4.69) is 15.3 Å². The third kappa shape index (κ3) is 2.47. The normalized spacial score (nSPS) is 11.0. The van der Waals surface area contributed by atoms with Gasteiger partial charge in [-0.05, 0) is 20.8 Å². The number of pyridine rings is 1. The molecule has 0 aliphatic heterocycles. The van der Waals surface area contributed by atoms with Crippen molar-refractivity contribution in [2.24, 2.45) is 0 Å². The molecule has 2 heterocycles. The zero-order chi connectivity index (χ0) is 14.9. The van der Waals surface area contributed by atoms with Crippen LogP contribution in [0.2, 0.25) is 0 Å². The maximum atomic E-state index is 12.1. The lowest BCUT2D eigenvalue weighted by Crippen LogP contribution is -2.20. The predicted octanol–water partition coefficient (Wildman–Crippen LogP) is 1.33. The molecule has 0 aliphatic rings. The number of rotatable bonds is 4. The van der Waals surface area contributed by atoms with Crippen LogP contribution in [0.15, 0.2) is 17.2 Å². The fourth-order valence-corrected chi connectivity index (χ4v) is 1.89. The fourth-order valence-electron chi connectivity index (χ4n) is 1.89. The van der Waals surface area contributed by atoms with Gasteiger partial charge in [-0.15, -0.1) is 0 Å². The Balaban J connectivity index is 2.73. The number of aromatic nitrogens is 3. The molecule has 0 saturated heterocycles. The molecule has 0 aromatic carbocycles. The van der Waals surface area contributed by atoms with Crippen LogP contribution in [0.3, 0.4) is 0 Å². The quantitative estimate of drug-likeness (QED) is 0.874. The summed E-state index contributed by atoms with van der Waals surface area (Å²) in [7, 11) is 0. The van der Waals surface area contributed by atoms with Crippen molar-refractivity contribution in [3.63, 3.8) is 0 Å². The number of aromatic carboxylic acids is 1. The third-order valence-corrected chi connectivity index (χ3v) is 2.80. The first kappa shape index (κ1) is 14.0. The van der Waals surface area contributed by atoms with E-state index in [1.807, 2.05) is 20.8 Å². The van der Waals surface area contributed by atoms with Gasteiger partial charge in [0.15, 0.2) is 0 Å². The van der Waals surface area contributed by atoms with Gasteiger partial charge in [-0.1, -0.05) is 0 Å². The van der Waals surface area contributed by atoms with E-state index in [1.54, 1.807) is 4.57 Å². The van der Waals surface area contributed by atoms with E-state index in [4.69, 9.17) is 5.11 Å². The average Bonchev–Trinajstić information content (AvgIpc) is 2.38. The van der Waals surface area contributed by atoms with Gasteiger partial charge in [0.1, 0.15) is 11.2 Å². The highest BCUT2D eigenvalue weighted by atomic mass is 16.4. The molecule has 0 saturated carbocycles. The largest absolute Gasteiger partial charge is 0.477 e. The van der Waals surface area contributed by atoms with Crippen molar-refractivity contribution in [1.82, 2.24) is 14.5 Å². The fraction of sp³-hybridized carbons (Fsp3) is 0.385. The van der Waals surface area contributed by atoms with E-state index in [1.165, 1.54) is 12.4 Å². The summed E-state index contributed by atoms with van der Waals surface area (Å²) in [5.41, 5.74) is -0.401. The molecule has 106 valence electrons. The summed E-state index contributed by atoms with van der Waals surface area (Å²) in [6.45, 7) is 6.27. The summed E-state index contributed by atoms with van der Waals surface area (Å²) in [5, 5.41) is 12.3. The number of aryl methyl sites for hydroxylation is 1. The predicted molar refractivity (Wildman–Crippen MR) is 75.2 cm³/mol. The van der Waals surface area contributed by atoms with Crippen molar-refractivity contribution < 1.29 is 9.90 Å². The van der Waals surface area contributed by atoms with Gasteiger partial charge in [-0.2, -0.15) is 4.98 Å². The number of nitrogens with one attached hydrogen (secondary N) is 1. The first-order chi connectivity index (χ1) is 9.43. The Morgan fingerprint density at radius 3 is 2.75 bits per heavy atom. The second-order valence-electron chi connectivity index (χ2n) is 4.69. The molecule has 20 heavy (non-hydrogen) atoms. The zero-order valence-electron chi connectivity index (χ0n) is 11.5. The second-order valence-corrected chi connectivity index (χ2v) is 4.69.